The summed E-state index contributed by atoms with van der Waals surface area (Å²) in [6.07, 6.45) is 2.32. The van der Waals surface area contributed by atoms with Gasteiger partial charge in [-0.25, -0.2) is 0 Å². The normalized spacial score (nSPS) is 13.1. The van der Waals surface area contributed by atoms with E-state index in [0.717, 1.165) is 38.4 Å². The number of esters is 1. The van der Waals surface area contributed by atoms with E-state index in [1.54, 1.807) is 25.4 Å². The van der Waals surface area contributed by atoms with Crippen LogP contribution in [0.1, 0.15) is 16.7 Å². The van der Waals surface area contributed by atoms with Crippen LogP contribution in [-0.4, -0.2) is 44.1 Å². The van der Waals surface area contributed by atoms with Crippen LogP contribution in [-0.2, 0) is 33.7 Å². The fraction of sp³-hybridized carbons (Fsp3) is 0.259. The van der Waals surface area contributed by atoms with Crippen molar-refractivity contribution in [2.75, 3.05) is 27.4 Å². The Kier molecular flexibility index (Phi) is 5.84. The molecule has 3 aromatic carbocycles. The number of nitrogens with zero attached hydrogens (tertiary/aromatic N) is 1. The second-order valence-electron chi connectivity index (χ2n) is 8.30. The molecule has 0 fully saturated rings. The van der Waals surface area contributed by atoms with E-state index in [2.05, 4.69) is 0 Å². The minimum absolute atomic E-state index is 0.0358. The molecule has 1 aromatic heterocycles. The first-order valence-corrected chi connectivity index (χ1v) is 11.1. The number of carbonyl (C=O) groups excluding carboxylic acids is 2. The van der Waals surface area contributed by atoms with Gasteiger partial charge < -0.3 is 23.5 Å². The van der Waals surface area contributed by atoms with Crippen LogP contribution in [0.5, 0.6) is 11.5 Å². The third-order valence-electron chi connectivity index (χ3n) is 6.30. The molecule has 0 saturated carbocycles. The number of methoxy groups -OCH3 is 2. The van der Waals surface area contributed by atoms with Gasteiger partial charge in [0.15, 0.2) is 18.1 Å². The van der Waals surface area contributed by atoms with Crippen molar-refractivity contribution in [3.05, 3.63) is 71.5 Å². The molecule has 0 bridgehead atoms. The topological polar surface area (TPSA) is 78.2 Å². The number of hydrogen-bond acceptors (Lipinski definition) is 6. The summed E-state index contributed by atoms with van der Waals surface area (Å²) in [6.45, 7) is 0.694. The van der Waals surface area contributed by atoms with Crippen molar-refractivity contribution in [1.82, 2.24) is 4.90 Å². The van der Waals surface area contributed by atoms with Gasteiger partial charge in [-0.3, -0.25) is 9.59 Å². The summed E-state index contributed by atoms with van der Waals surface area (Å²) < 4.78 is 21.7. The molecule has 0 N–H and O–H groups in total. The van der Waals surface area contributed by atoms with Crippen molar-refractivity contribution < 1.29 is 28.2 Å². The van der Waals surface area contributed by atoms with E-state index in [4.69, 9.17) is 18.6 Å². The zero-order valence-corrected chi connectivity index (χ0v) is 19.1. The van der Waals surface area contributed by atoms with Crippen LogP contribution in [0, 0.1) is 0 Å². The predicted molar refractivity (Wildman–Crippen MR) is 127 cm³/mol. The van der Waals surface area contributed by atoms with Crippen LogP contribution in [0.3, 0.4) is 0 Å². The van der Waals surface area contributed by atoms with Crippen molar-refractivity contribution in [3.63, 3.8) is 0 Å². The highest BCUT2D eigenvalue weighted by atomic mass is 16.5. The van der Waals surface area contributed by atoms with E-state index in [-0.39, 0.29) is 18.9 Å². The average Bonchev–Trinajstić information content (AvgIpc) is 3.29. The minimum atomic E-state index is -0.465. The maximum atomic E-state index is 12.8. The largest absolute Gasteiger partial charge is 0.493 e. The van der Waals surface area contributed by atoms with Gasteiger partial charge in [0, 0.05) is 24.0 Å². The summed E-state index contributed by atoms with van der Waals surface area (Å²) in [5, 5.41) is 2.99. The minimum Gasteiger partial charge on any atom is -0.493 e. The number of hydrogen-bond donors (Lipinski definition) is 0. The van der Waals surface area contributed by atoms with E-state index in [1.165, 1.54) is 0 Å². The molecule has 0 radical (unpaired) electrons. The van der Waals surface area contributed by atoms with Crippen LogP contribution in [0.2, 0.25) is 0 Å². The van der Waals surface area contributed by atoms with Gasteiger partial charge in [0.25, 0.3) is 5.91 Å². The summed E-state index contributed by atoms with van der Waals surface area (Å²) >= 11 is 0. The Morgan fingerprint density at radius 2 is 1.76 bits per heavy atom. The average molecular weight is 459 g/mol. The van der Waals surface area contributed by atoms with Gasteiger partial charge >= 0.3 is 5.97 Å². The van der Waals surface area contributed by atoms with E-state index in [9.17, 15) is 9.59 Å². The number of carbonyl (C=O) groups is 2. The van der Waals surface area contributed by atoms with Crippen LogP contribution in [0.25, 0.3) is 21.7 Å². The van der Waals surface area contributed by atoms with Gasteiger partial charge in [-0.15, -0.1) is 0 Å². The molecule has 7 nitrogen and oxygen atoms in total. The van der Waals surface area contributed by atoms with E-state index in [1.807, 2.05) is 48.5 Å². The molecule has 1 amide bonds. The zero-order valence-electron chi connectivity index (χ0n) is 19.1. The van der Waals surface area contributed by atoms with E-state index in [0.29, 0.717) is 31.0 Å². The first-order valence-electron chi connectivity index (χ1n) is 11.1. The highest BCUT2D eigenvalue weighted by Gasteiger charge is 2.24. The summed E-state index contributed by atoms with van der Waals surface area (Å²) in [7, 11) is 3.19. The smallest absolute Gasteiger partial charge is 0.310 e. The maximum Gasteiger partial charge on any atom is 0.310 e. The van der Waals surface area contributed by atoms with E-state index < -0.39 is 5.97 Å². The molecule has 174 valence electrons. The Hall–Kier alpha value is -4.00. The summed E-state index contributed by atoms with van der Waals surface area (Å²) in [6, 6.07) is 15.7. The highest BCUT2D eigenvalue weighted by Crippen LogP contribution is 2.33. The Balaban J connectivity index is 1.24. The lowest BCUT2D eigenvalue weighted by molar-refractivity contribution is -0.151. The summed E-state index contributed by atoms with van der Waals surface area (Å²) in [4.78, 5) is 27.0. The van der Waals surface area contributed by atoms with Gasteiger partial charge in [-0.1, -0.05) is 30.3 Å². The van der Waals surface area contributed by atoms with Crippen LogP contribution in [0.15, 0.2) is 59.2 Å². The zero-order chi connectivity index (χ0) is 23.7. The number of amides is 1. The number of ether oxygens (including phenoxy) is 3. The predicted octanol–water partition coefficient (Wildman–Crippen LogP) is 4.27. The molecule has 1 aliphatic rings. The van der Waals surface area contributed by atoms with Crippen LogP contribution < -0.4 is 9.47 Å². The van der Waals surface area contributed by atoms with Gasteiger partial charge in [-0.2, -0.15) is 0 Å². The molecule has 0 saturated heterocycles. The molecule has 34 heavy (non-hydrogen) atoms. The van der Waals surface area contributed by atoms with Crippen molar-refractivity contribution in [1.29, 1.82) is 0 Å². The van der Waals surface area contributed by atoms with Gasteiger partial charge in [0.05, 0.1) is 26.9 Å². The first kappa shape index (κ1) is 21.8. The van der Waals surface area contributed by atoms with Crippen molar-refractivity contribution in [3.8, 4) is 11.5 Å². The number of rotatable bonds is 6. The first-order chi connectivity index (χ1) is 16.6. The van der Waals surface area contributed by atoms with Crippen molar-refractivity contribution >= 4 is 33.6 Å². The number of benzene rings is 3. The molecule has 1 aliphatic heterocycles. The molecule has 0 spiro atoms. The quantitative estimate of drug-likeness (QED) is 0.401. The Morgan fingerprint density at radius 1 is 1.00 bits per heavy atom. The van der Waals surface area contributed by atoms with Crippen molar-refractivity contribution in [2.45, 2.75) is 19.4 Å². The molecule has 0 atom stereocenters. The number of furan rings is 1. The molecule has 2 heterocycles. The van der Waals surface area contributed by atoms with Crippen LogP contribution in [0.4, 0.5) is 0 Å². The lowest BCUT2D eigenvalue weighted by atomic mass is 9.99. The summed E-state index contributed by atoms with van der Waals surface area (Å²) in [5.74, 6) is 0.612. The SMILES string of the molecule is COc1cc2c(cc1OC)CN(C(=O)COC(=O)Cc1coc3ccc4ccccc4c13)CC2. The highest BCUT2D eigenvalue weighted by molar-refractivity contribution is 6.08. The van der Waals surface area contributed by atoms with E-state index >= 15 is 0 Å². The third kappa shape index (κ3) is 4.05. The third-order valence-corrected chi connectivity index (χ3v) is 6.30. The monoisotopic (exact) mass is 459 g/mol. The second kappa shape index (κ2) is 9.09. The second-order valence-corrected chi connectivity index (χ2v) is 8.30. The molecule has 0 aliphatic carbocycles. The maximum absolute atomic E-state index is 12.8. The lowest BCUT2D eigenvalue weighted by Gasteiger charge is -2.29. The Bertz CT molecular complexity index is 1390. The lowest BCUT2D eigenvalue weighted by Crippen LogP contribution is -2.38. The fourth-order valence-corrected chi connectivity index (χ4v) is 4.54. The molecular formula is C27H25NO6. The molecule has 7 heteroatoms. The molecule has 4 aromatic rings. The fourth-order valence-electron chi connectivity index (χ4n) is 4.54. The van der Waals surface area contributed by atoms with Gasteiger partial charge in [-0.05, 0) is 46.5 Å². The molecule has 0 unspecified atom stereocenters. The molecular weight excluding hydrogens is 434 g/mol. The Labute approximate surface area is 196 Å². The van der Waals surface area contributed by atoms with Gasteiger partial charge in [0.2, 0.25) is 0 Å². The molecule has 5 rings (SSSR count). The van der Waals surface area contributed by atoms with Gasteiger partial charge in [0.1, 0.15) is 5.58 Å². The number of fused-ring (bicyclic) bond motifs is 4. The standard InChI is InChI=1S/C27H25NO6/c1-31-23-11-18-9-10-28(14-19(18)12-24(23)32-2)25(29)16-34-26(30)13-20-15-33-22-8-7-17-5-3-4-6-21(17)27(20)22/h3-8,11-12,15H,9-10,13-14,16H2,1-2H3. The Morgan fingerprint density at radius 3 is 2.56 bits per heavy atom. The van der Waals surface area contributed by atoms with Crippen LogP contribution >= 0.6 is 0 Å². The van der Waals surface area contributed by atoms with Crippen molar-refractivity contribution in [2.24, 2.45) is 0 Å². The summed E-state index contributed by atoms with van der Waals surface area (Å²) in [5.41, 5.74) is 3.59.